The van der Waals surface area contributed by atoms with E-state index in [9.17, 15) is 8.42 Å². The maximum absolute atomic E-state index is 10.7. The Hall–Kier alpha value is -1.49. The van der Waals surface area contributed by atoms with Gasteiger partial charge < -0.3 is 10.7 Å². The highest BCUT2D eigenvalue weighted by molar-refractivity contribution is 7.72. The molecule has 0 radical (unpaired) electrons. The number of hydrogen-bond acceptors (Lipinski definition) is 3. The number of nitrogen functional groups attached to an aromatic ring is 1. The van der Waals surface area contributed by atoms with Gasteiger partial charge in [-0.1, -0.05) is 0 Å². The van der Waals surface area contributed by atoms with E-state index in [1.165, 1.54) is 6.20 Å². The molecular formula is C8H8N2O2S. The van der Waals surface area contributed by atoms with Gasteiger partial charge in [0.1, 0.15) is 0 Å². The van der Waals surface area contributed by atoms with Gasteiger partial charge in [-0.15, -0.1) is 0 Å². The molecule has 68 valence electrons. The summed E-state index contributed by atoms with van der Waals surface area (Å²) in [6, 6.07) is 5.08. The number of rotatable bonds is 1. The van der Waals surface area contributed by atoms with Crippen LogP contribution in [-0.4, -0.2) is 13.4 Å². The zero-order valence-corrected chi connectivity index (χ0v) is 7.54. The maximum Gasteiger partial charge on any atom is 0.170 e. The van der Waals surface area contributed by atoms with Crippen molar-refractivity contribution in [1.29, 1.82) is 0 Å². The molecule has 5 heteroatoms. The number of hydrogen-bond donors (Lipinski definition) is 3. The first kappa shape index (κ1) is 8.12. The standard InChI is InChI=1S/C8H8N2O2S/c9-5-1-2-6-7(3-5)10-4-8(6)13(11)12/h1-4,10,13H,9H2. The van der Waals surface area contributed by atoms with E-state index in [0.717, 1.165) is 5.52 Å². The first-order chi connectivity index (χ1) is 6.18. The van der Waals surface area contributed by atoms with Gasteiger partial charge in [0, 0.05) is 22.8 Å². The average Bonchev–Trinajstić information content (AvgIpc) is 2.46. The summed E-state index contributed by atoms with van der Waals surface area (Å²) >= 11 is 0. The van der Waals surface area contributed by atoms with E-state index >= 15 is 0 Å². The number of thiol groups is 1. The summed E-state index contributed by atoms with van der Waals surface area (Å²) < 4.78 is 21.5. The number of nitrogens with two attached hydrogens (primary N) is 1. The molecule has 1 aromatic heterocycles. The Kier molecular flexibility index (Phi) is 1.73. The van der Waals surface area contributed by atoms with E-state index in [2.05, 4.69) is 4.98 Å². The van der Waals surface area contributed by atoms with Crippen LogP contribution in [0.5, 0.6) is 0 Å². The topological polar surface area (TPSA) is 76.0 Å². The molecule has 0 amide bonds. The van der Waals surface area contributed by atoms with Crippen molar-refractivity contribution in [3.8, 4) is 0 Å². The fraction of sp³-hybridized carbons (Fsp3) is 0. The summed E-state index contributed by atoms with van der Waals surface area (Å²) in [4.78, 5) is 3.16. The van der Waals surface area contributed by atoms with Gasteiger partial charge in [-0.2, -0.15) is 0 Å². The van der Waals surface area contributed by atoms with Crippen LogP contribution in [0.4, 0.5) is 5.69 Å². The Morgan fingerprint density at radius 1 is 1.31 bits per heavy atom. The van der Waals surface area contributed by atoms with Crippen molar-refractivity contribution in [2.75, 3.05) is 5.73 Å². The van der Waals surface area contributed by atoms with Crippen LogP contribution in [0.1, 0.15) is 0 Å². The number of anilines is 1. The third kappa shape index (κ3) is 1.27. The minimum atomic E-state index is -2.54. The van der Waals surface area contributed by atoms with Crippen molar-refractivity contribution in [2.24, 2.45) is 0 Å². The smallest absolute Gasteiger partial charge is 0.170 e. The van der Waals surface area contributed by atoms with Crippen LogP contribution in [0, 0.1) is 0 Å². The molecule has 1 heterocycles. The molecule has 0 saturated heterocycles. The monoisotopic (exact) mass is 196 g/mol. The maximum atomic E-state index is 10.7. The molecule has 4 nitrogen and oxygen atoms in total. The van der Waals surface area contributed by atoms with Gasteiger partial charge in [0.2, 0.25) is 0 Å². The molecule has 0 unspecified atom stereocenters. The van der Waals surface area contributed by atoms with Crippen molar-refractivity contribution in [1.82, 2.24) is 4.98 Å². The first-order valence-electron chi connectivity index (χ1n) is 3.69. The molecule has 0 bridgehead atoms. The number of nitrogens with one attached hydrogen (secondary N) is 1. The number of benzene rings is 1. The number of aromatic amines is 1. The second-order valence-electron chi connectivity index (χ2n) is 2.74. The third-order valence-corrected chi connectivity index (χ3v) is 2.64. The van der Waals surface area contributed by atoms with Gasteiger partial charge in [0.15, 0.2) is 10.7 Å². The first-order valence-corrected chi connectivity index (χ1v) is 4.87. The molecule has 3 N–H and O–H groups in total. The summed E-state index contributed by atoms with van der Waals surface area (Å²) in [6.07, 6.45) is 1.47. The van der Waals surface area contributed by atoms with Crippen LogP contribution in [0.25, 0.3) is 10.9 Å². The van der Waals surface area contributed by atoms with Crippen LogP contribution in [-0.2, 0) is 10.7 Å². The van der Waals surface area contributed by atoms with Gasteiger partial charge in [-0.3, -0.25) is 0 Å². The summed E-state index contributed by atoms with van der Waals surface area (Å²) in [5.74, 6) is 0. The van der Waals surface area contributed by atoms with E-state index in [1.54, 1.807) is 18.2 Å². The van der Waals surface area contributed by atoms with Gasteiger partial charge in [0.05, 0.1) is 4.90 Å². The second-order valence-corrected chi connectivity index (χ2v) is 3.73. The van der Waals surface area contributed by atoms with Crippen molar-refractivity contribution in [2.45, 2.75) is 4.90 Å². The van der Waals surface area contributed by atoms with Crippen LogP contribution >= 0.6 is 0 Å². The molecule has 13 heavy (non-hydrogen) atoms. The molecule has 0 aliphatic rings. The third-order valence-electron chi connectivity index (χ3n) is 1.88. The summed E-state index contributed by atoms with van der Waals surface area (Å²) in [5, 5.41) is 0.685. The molecule has 0 fully saturated rings. The van der Waals surface area contributed by atoms with Gasteiger partial charge >= 0.3 is 0 Å². The van der Waals surface area contributed by atoms with E-state index in [1.807, 2.05) is 0 Å². The SMILES string of the molecule is Nc1ccc2c([SH](=O)=O)c[nH]c2c1. The highest BCUT2D eigenvalue weighted by Crippen LogP contribution is 2.21. The fourth-order valence-corrected chi connectivity index (χ4v) is 1.84. The van der Waals surface area contributed by atoms with Crippen molar-refractivity contribution < 1.29 is 8.42 Å². The Morgan fingerprint density at radius 2 is 2.08 bits per heavy atom. The normalized spacial score (nSPS) is 11.2. The highest BCUT2D eigenvalue weighted by Gasteiger charge is 2.04. The van der Waals surface area contributed by atoms with Gasteiger partial charge in [-0.05, 0) is 18.2 Å². The fourth-order valence-electron chi connectivity index (χ4n) is 1.28. The van der Waals surface area contributed by atoms with Crippen molar-refractivity contribution in [3.05, 3.63) is 24.4 Å². The zero-order valence-electron chi connectivity index (χ0n) is 6.65. The second kappa shape index (κ2) is 2.77. The number of fused-ring (bicyclic) bond motifs is 1. The van der Waals surface area contributed by atoms with E-state index in [0.29, 0.717) is 16.0 Å². The zero-order chi connectivity index (χ0) is 9.42. The minimum absolute atomic E-state index is 0.310. The number of H-pyrrole nitrogens is 1. The lowest BCUT2D eigenvalue weighted by Gasteiger charge is -1.92. The minimum Gasteiger partial charge on any atom is -0.399 e. The van der Waals surface area contributed by atoms with Gasteiger partial charge in [0.25, 0.3) is 0 Å². The van der Waals surface area contributed by atoms with Crippen molar-refractivity contribution in [3.63, 3.8) is 0 Å². The van der Waals surface area contributed by atoms with E-state index < -0.39 is 10.7 Å². The van der Waals surface area contributed by atoms with Crippen molar-refractivity contribution >= 4 is 27.3 Å². The summed E-state index contributed by atoms with van der Waals surface area (Å²) in [6.45, 7) is 0. The summed E-state index contributed by atoms with van der Waals surface area (Å²) in [7, 11) is -2.54. The lowest BCUT2D eigenvalue weighted by atomic mass is 10.2. The molecule has 2 aromatic rings. The Balaban J connectivity index is 2.83. The lowest BCUT2D eigenvalue weighted by Crippen LogP contribution is -1.83. The van der Waals surface area contributed by atoms with Crippen LogP contribution < -0.4 is 5.73 Å². The Morgan fingerprint density at radius 3 is 2.77 bits per heavy atom. The van der Waals surface area contributed by atoms with E-state index in [-0.39, 0.29) is 0 Å². The molecule has 0 spiro atoms. The number of aromatic nitrogens is 1. The van der Waals surface area contributed by atoms with Gasteiger partial charge in [-0.25, -0.2) is 8.42 Å². The quantitative estimate of drug-likeness (QED) is 0.464. The largest absolute Gasteiger partial charge is 0.399 e. The molecule has 0 saturated carbocycles. The molecule has 0 atom stereocenters. The molecular weight excluding hydrogens is 188 g/mol. The Bertz CT molecular complexity index is 520. The molecule has 2 rings (SSSR count). The lowest BCUT2D eigenvalue weighted by molar-refractivity contribution is 0.615. The van der Waals surface area contributed by atoms with Crippen LogP contribution in [0.2, 0.25) is 0 Å². The molecule has 1 aromatic carbocycles. The average molecular weight is 196 g/mol. The molecule has 0 aliphatic heterocycles. The predicted octanol–water partition coefficient (Wildman–Crippen LogP) is 0.720. The predicted molar refractivity (Wildman–Crippen MR) is 51.3 cm³/mol. The van der Waals surface area contributed by atoms with Crippen LogP contribution in [0.15, 0.2) is 29.3 Å². The van der Waals surface area contributed by atoms with Crippen LogP contribution in [0.3, 0.4) is 0 Å². The molecule has 0 aliphatic carbocycles. The summed E-state index contributed by atoms with van der Waals surface area (Å²) in [5.41, 5.74) is 6.90. The Labute approximate surface area is 76.3 Å². The van der Waals surface area contributed by atoms with E-state index in [4.69, 9.17) is 5.73 Å². The highest BCUT2D eigenvalue weighted by atomic mass is 32.2.